The largest absolute Gasteiger partial charge is 0.439 e. The maximum Gasteiger partial charge on any atom is 0.219 e. The third-order valence-corrected chi connectivity index (χ3v) is 7.05. The second-order valence-corrected chi connectivity index (χ2v) is 10.7. The predicted octanol–water partition coefficient (Wildman–Crippen LogP) is 5.81. The van der Waals surface area contributed by atoms with E-state index in [9.17, 15) is 0 Å². The molecule has 2 N–H and O–H groups in total. The van der Waals surface area contributed by atoms with Gasteiger partial charge in [0.05, 0.1) is 30.2 Å². The van der Waals surface area contributed by atoms with Crippen LogP contribution < -0.4 is 10.5 Å². The number of fused-ring (bicyclic) bond motifs is 1. The van der Waals surface area contributed by atoms with Crippen LogP contribution in [0.1, 0.15) is 71.6 Å². The molecular weight excluding hydrogens is 450 g/mol. The monoisotopic (exact) mass is 489 g/mol. The molecule has 1 fully saturated rings. The van der Waals surface area contributed by atoms with Crippen molar-refractivity contribution in [2.75, 3.05) is 0 Å². The topological polar surface area (TPSA) is 94.5 Å². The van der Waals surface area contributed by atoms with Crippen LogP contribution in [0.4, 0.5) is 5.69 Å². The molecule has 2 aliphatic rings. The molecule has 5 rings (SSSR count). The Morgan fingerprint density at radius 1 is 1.11 bits per heavy atom. The molecule has 192 valence electrons. The van der Waals surface area contributed by atoms with Gasteiger partial charge in [-0.05, 0) is 30.9 Å². The molecule has 3 heterocycles. The van der Waals surface area contributed by atoms with Crippen LogP contribution in [0, 0.1) is 5.92 Å². The fourth-order valence-corrected chi connectivity index (χ4v) is 5.04. The second kappa shape index (κ2) is 10.7. The molecule has 0 saturated heterocycles. The minimum absolute atomic E-state index is 0. The highest BCUT2D eigenvalue weighted by atomic mass is 16.5. The maximum atomic E-state index is 6.56. The number of pyridine rings is 1. The molecule has 0 unspecified atom stereocenters. The molecule has 0 radical (unpaired) electrons. The normalized spacial score (nSPS) is 17.1. The van der Waals surface area contributed by atoms with Crippen molar-refractivity contribution in [3.05, 3.63) is 60.0 Å². The maximum absolute atomic E-state index is 6.56. The number of benzene rings is 1. The number of guanidine groups is 1. The number of nitrogens with two attached hydrogens (primary N) is 1. The van der Waals surface area contributed by atoms with Gasteiger partial charge in [0.25, 0.3) is 0 Å². The molecule has 0 amide bonds. The van der Waals surface area contributed by atoms with Crippen molar-refractivity contribution in [1.29, 1.82) is 0 Å². The van der Waals surface area contributed by atoms with E-state index in [4.69, 9.17) is 15.5 Å². The summed E-state index contributed by atoms with van der Waals surface area (Å²) in [4.78, 5) is 11.4. The fraction of sp³-hybridized carbons (Fsp3) is 0.500. The Morgan fingerprint density at radius 3 is 2.56 bits per heavy atom. The van der Waals surface area contributed by atoms with E-state index in [1.54, 1.807) is 6.20 Å². The molecule has 1 saturated carbocycles. The molecule has 1 aliphatic heterocycles. The van der Waals surface area contributed by atoms with Gasteiger partial charge in [-0.25, -0.2) is 9.98 Å². The number of hydrogen-bond donors (Lipinski definition) is 1. The lowest BCUT2D eigenvalue weighted by atomic mass is 9.83. The van der Waals surface area contributed by atoms with Gasteiger partial charge >= 0.3 is 0 Å². The van der Waals surface area contributed by atoms with E-state index in [1.807, 2.05) is 41.1 Å². The summed E-state index contributed by atoms with van der Waals surface area (Å²) in [7, 11) is 0. The van der Waals surface area contributed by atoms with E-state index in [-0.39, 0.29) is 18.9 Å². The molecular formula is C28H39N7O. The van der Waals surface area contributed by atoms with Crippen LogP contribution in [0.3, 0.4) is 0 Å². The van der Waals surface area contributed by atoms with Crippen LogP contribution in [0.5, 0.6) is 11.6 Å². The van der Waals surface area contributed by atoms with Gasteiger partial charge in [0, 0.05) is 29.8 Å². The summed E-state index contributed by atoms with van der Waals surface area (Å²) < 4.78 is 7.97. The summed E-state index contributed by atoms with van der Waals surface area (Å²) >= 11 is 0. The van der Waals surface area contributed by atoms with Crippen LogP contribution in [0.2, 0.25) is 0 Å². The molecule has 0 bridgehead atoms. The first kappa shape index (κ1) is 25.7. The van der Waals surface area contributed by atoms with Crippen LogP contribution in [0.15, 0.2) is 53.8 Å². The van der Waals surface area contributed by atoms with Gasteiger partial charge in [0.1, 0.15) is 5.75 Å². The average Bonchev–Trinajstić information content (AvgIpc) is 3.33. The number of ether oxygens (including phenoxy) is 1. The summed E-state index contributed by atoms with van der Waals surface area (Å²) in [5, 5.41) is 8.92. The predicted molar refractivity (Wildman–Crippen MR) is 143 cm³/mol. The van der Waals surface area contributed by atoms with E-state index in [0.717, 1.165) is 29.2 Å². The van der Waals surface area contributed by atoms with Crippen molar-refractivity contribution in [2.24, 2.45) is 16.6 Å². The Labute approximate surface area is 214 Å². The zero-order valence-electron chi connectivity index (χ0n) is 20.9. The second-order valence-electron chi connectivity index (χ2n) is 10.7. The fourth-order valence-electron chi connectivity index (χ4n) is 5.04. The zero-order valence-corrected chi connectivity index (χ0v) is 20.9. The minimum Gasteiger partial charge on any atom is -0.439 e. The van der Waals surface area contributed by atoms with Gasteiger partial charge in [-0.15, -0.1) is 5.10 Å². The average molecular weight is 490 g/mol. The molecule has 8 heteroatoms. The molecule has 1 atom stereocenters. The van der Waals surface area contributed by atoms with E-state index in [1.165, 1.54) is 32.1 Å². The van der Waals surface area contributed by atoms with Gasteiger partial charge in [0.2, 0.25) is 5.88 Å². The minimum atomic E-state index is -0.0364. The molecule has 0 spiro atoms. The van der Waals surface area contributed by atoms with Crippen molar-refractivity contribution >= 4 is 11.6 Å². The first-order valence-electron chi connectivity index (χ1n) is 12.6. The molecule has 1 aliphatic carbocycles. The number of hydrogen-bond acceptors (Lipinski definition) is 7. The van der Waals surface area contributed by atoms with Gasteiger partial charge in [0.15, 0.2) is 5.96 Å². The Balaban J connectivity index is 0.00000304. The van der Waals surface area contributed by atoms with Crippen molar-refractivity contribution in [2.45, 2.75) is 84.8 Å². The zero-order chi connectivity index (χ0) is 24.4. The summed E-state index contributed by atoms with van der Waals surface area (Å²) in [6.45, 7) is 7.89. The first-order chi connectivity index (χ1) is 16.9. The lowest BCUT2D eigenvalue weighted by Crippen LogP contribution is -2.51. The van der Waals surface area contributed by atoms with Gasteiger partial charge < -0.3 is 15.4 Å². The van der Waals surface area contributed by atoms with Gasteiger partial charge in [-0.3, -0.25) is 4.68 Å². The standard InChI is InChI=1S/C27H35N7O.CH4/c1-27(2,3)24-18-33(32-31-24)17-23(19-10-6-4-7-11-19)34-16-20-14-25(29-15-22(20)30-26(34)28)35-21-12-8-5-9-13-21;/h5,8-9,12-15,18-19,23H,4,6-7,10-11,16-17H2,1-3H3,(H2,28,30);1H4/t23-;/m0./s1. The Morgan fingerprint density at radius 2 is 1.86 bits per heavy atom. The highest BCUT2D eigenvalue weighted by Crippen LogP contribution is 2.35. The first-order valence-corrected chi connectivity index (χ1v) is 12.6. The number of aliphatic imine (C=N–C) groups is 1. The van der Waals surface area contributed by atoms with Gasteiger partial charge in [-0.2, -0.15) is 0 Å². The number of para-hydroxylation sites is 1. The molecule has 2 aromatic heterocycles. The molecule has 8 nitrogen and oxygen atoms in total. The Kier molecular flexibility index (Phi) is 7.62. The van der Waals surface area contributed by atoms with Crippen LogP contribution in [-0.2, 0) is 18.5 Å². The lowest BCUT2D eigenvalue weighted by molar-refractivity contribution is 0.151. The number of rotatable bonds is 6. The molecule has 1 aromatic carbocycles. The van der Waals surface area contributed by atoms with E-state index >= 15 is 0 Å². The van der Waals surface area contributed by atoms with E-state index < -0.39 is 0 Å². The summed E-state index contributed by atoms with van der Waals surface area (Å²) in [5.41, 5.74) is 9.39. The Hall–Kier alpha value is -3.42. The summed E-state index contributed by atoms with van der Waals surface area (Å²) in [5.74, 6) is 2.40. The summed E-state index contributed by atoms with van der Waals surface area (Å²) in [6, 6.07) is 11.9. The lowest BCUT2D eigenvalue weighted by Gasteiger charge is -2.41. The van der Waals surface area contributed by atoms with Crippen molar-refractivity contribution in [1.82, 2.24) is 24.9 Å². The smallest absolute Gasteiger partial charge is 0.219 e. The van der Waals surface area contributed by atoms with E-state index in [2.05, 4.69) is 47.2 Å². The van der Waals surface area contributed by atoms with E-state index in [0.29, 0.717) is 24.3 Å². The number of nitrogens with zero attached hydrogens (tertiary/aromatic N) is 6. The van der Waals surface area contributed by atoms with Crippen LogP contribution in [-0.4, -0.2) is 36.9 Å². The quantitative estimate of drug-likeness (QED) is 0.469. The summed E-state index contributed by atoms with van der Waals surface area (Å²) in [6.07, 6.45) is 10.0. The molecule has 36 heavy (non-hydrogen) atoms. The van der Waals surface area contributed by atoms with Gasteiger partial charge in [-0.1, -0.05) is 70.9 Å². The van der Waals surface area contributed by atoms with Crippen molar-refractivity contribution in [3.63, 3.8) is 0 Å². The third-order valence-electron chi connectivity index (χ3n) is 7.05. The SMILES string of the molecule is C.CC(C)(C)c1cn(C[C@@H](C2CCCCC2)N2Cc3cc(Oc4ccccc4)ncc3N=C2N)nn1. The Bertz CT molecular complexity index is 1180. The third kappa shape index (κ3) is 5.69. The van der Waals surface area contributed by atoms with Crippen molar-refractivity contribution < 1.29 is 4.74 Å². The number of aromatic nitrogens is 4. The highest BCUT2D eigenvalue weighted by molar-refractivity contribution is 5.83. The van der Waals surface area contributed by atoms with Crippen LogP contribution in [0.25, 0.3) is 0 Å². The molecule has 3 aromatic rings. The highest BCUT2D eigenvalue weighted by Gasteiger charge is 2.33. The van der Waals surface area contributed by atoms with Crippen molar-refractivity contribution in [3.8, 4) is 11.6 Å². The van der Waals surface area contributed by atoms with Crippen LogP contribution >= 0.6 is 0 Å².